The van der Waals surface area contributed by atoms with E-state index in [4.69, 9.17) is 10.7 Å². The van der Waals surface area contributed by atoms with Gasteiger partial charge in [-0.1, -0.05) is 84.9 Å². The number of para-hydroxylation sites is 1. The van der Waals surface area contributed by atoms with E-state index in [-0.39, 0.29) is 5.75 Å². The van der Waals surface area contributed by atoms with E-state index < -0.39 is 29.4 Å². The molecule has 3 unspecified atom stereocenters. The number of carbonyl (C=O) groups excluding carboxylic acids is 2. The van der Waals surface area contributed by atoms with E-state index in [9.17, 15) is 9.59 Å². The highest BCUT2D eigenvalue weighted by Gasteiger charge is 2.49. The predicted molar refractivity (Wildman–Crippen MR) is 174 cm³/mol. The van der Waals surface area contributed by atoms with Crippen molar-refractivity contribution in [3.8, 4) is 11.4 Å². The maximum absolute atomic E-state index is 14.9. The molecule has 1 aliphatic carbocycles. The summed E-state index contributed by atoms with van der Waals surface area (Å²) in [5, 5.41) is 18.2. The number of aromatic nitrogens is 4. The fraction of sp³-hybridized carbons (Fsp3) is 0.212. The molecule has 0 fully saturated rings. The Bertz CT molecular complexity index is 1800. The van der Waals surface area contributed by atoms with Crippen LogP contribution in [0.1, 0.15) is 30.0 Å². The topological polar surface area (TPSA) is 142 Å². The number of nitrogens with one attached hydrogen (secondary N) is 2. The number of anilines is 1. The molecule has 4 aromatic rings. The van der Waals surface area contributed by atoms with Gasteiger partial charge < -0.3 is 5.73 Å². The molecule has 2 heterocycles. The second-order valence-electron chi connectivity index (χ2n) is 10.7. The van der Waals surface area contributed by atoms with Crippen LogP contribution in [0.4, 0.5) is 5.69 Å². The van der Waals surface area contributed by atoms with Crippen molar-refractivity contribution in [1.82, 2.24) is 25.9 Å². The molecule has 11 heteroatoms. The number of thiol groups is 1. The lowest BCUT2D eigenvalue weighted by molar-refractivity contribution is -0.129. The Balaban J connectivity index is 1.55. The third-order valence-electron chi connectivity index (χ3n) is 8.28. The van der Waals surface area contributed by atoms with Crippen molar-refractivity contribution in [2.45, 2.75) is 31.1 Å². The predicted octanol–water partition coefficient (Wildman–Crippen LogP) is 3.59. The van der Waals surface area contributed by atoms with Gasteiger partial charge in [-0.2, -0.15) is 17.8 Å². The van der Waals surface area contributed by atoms with Gasteiger partial charge in [0.15, 0.2) is 11.8 Å². The van der Waals surface area contributed by atoms with Gasteiger partial charge in [0, 0.05) is 28.9 Å². The molecule has 3 atom stereocenters. The quantitative estimate of drug-likeness (QED) is 0.178. The molecule has 0 saturated heterocycles. The third-order valence-corrected chi connectivity index (χ3v) is 8.67. The maximum atomic E-state index is 14.9. The Morgan fingerprint density at radius 3 is 2.41 bits per heavy atom. The number of benzodiazepines with no additional fused rings is 1. The number of allylic oxidation sites excluding steroid dienone is 2. The summed E-state index contributed by atoms with van der Waals surface area (Å²) in [5.74, 6) is -0.411. The van der Waals surface area contributed by atoms with Gasteiger partial charge in [-0.15, -0.1) is 10.2 Å². The van der Waals surface area contributed by atoms with Crippen molar-refractivity contribution in [2.75, 3.05) is 17.7 Å². The molecule has 0 radical (unpaired) electrons. The van der Waals surface area contributed by atoms with Crippen molar-refractivity contribution in [3.05, 3.63) is 113 Å². The molecule has 1 amide bonds. The summed E-state index contributed by atoms with van der Waals surface area (Å²) in [4.78, 5) is 35.2. The minimum atomic E-state index is -1.38. The standard InChI is InChI=1S/C33H32N8O2S/c1-20-16-17-22(23-12-6-7-13-24(23)31-37-39-40-38-31)18-33(20,35-2)41-27-15-9-8-14-25(27)28(21-10-4-3-5-11-21)36-29(32(41)43)30(42)26(34)19-44/h3-17,26,29,35,44H,18-19,34H2,1-2H3,(H,37,38,39,40). The zero-order valence-electron chi connectivity index (χ0n) is 24.3. The normalized spacial score (nSPS) is 20.6. The maximum Gasteiger partial charge on any atom is 0.261 e. The highest BCUT2D eigenvalue weighted by Crippen LogP contribution is 2.43. The average molecular weight is 605 g/mol. The summed E-state index contributed by atoms with van der Waals surface area (Å²) >= 11 is 4.27. The minimum absolute atomic E-state index is 0.0849. The van der Waals surface area contributed by atoms with Gasteiger partial charge in [0.2, 0.25) is 5.82 Å². The number of benzene rings is 3. The van der Waals surface area contributed by atoms with Crippen molar-refractivity contribution in [1.29, 1.82) is 0 Å². The van der Waals surface area contributed by atoms with Gasteiger partial charge in [-0.05, 0) is 42.0 Å². The summed E-state index contributed by atoms with van der Waals surface area (Å²) in [6.07, 6.45) is 4.42. The molecule has 3 aromatic carbocycles. The van der Waals surface area contributed by atoms with Crippen LogP contribution in [0.2, 0.25) is 0 Å². The summed E-state index contributed by atoms with van der Waals surface area (Å²) < 4.78 is 0. The zero-order chi connectivity index (χ0) is 30.8. The van der Waals surface area contributed by atoms with Crippen molar-refractivity contribution >= 4 is 41.3 Å². The smallest absolute Gasteiger partial charge is 0.261 e. The number of carbonyl (C=O) groups is 2. The molecular weight excluding hydrogens is 572 g/mol. The molecule has 0 saturated carbocycles. The third kappa shape index (κ3) is 4.98. The Morgan fingerprint density at radius 2 is 1.73 bits per heavy atom. The number of likely N-dealkylation sites (N-methyl/N-ethyl adjacent to an activating group) is 1. The number of nitrogens with two attached hydrogens (primary N) is 1. The zero-order valence-corrected chi connectivity index (χ0v) is 25.2. The Morgan fingerprint density at radius 1 is 1.05 bits per heavy atom. The van der Waals surface area contributed by atoms with Crippen LogP contribution in [0.15, 0.2) is 102 Å². The van der Waals surface area contributed by atoms with Gasteiger partial charge in [-0.3, -0.25) is 24.8 Å². The lowest BCUT2D eigenvalue weighted by atomic mass is 9.81. The van der Waals surface area contributed by atoms with Crippen LogP contribution < -0.4 is 16.0 Å². The fourth-order valence-corrected chi connectivity index (χ4v) is 6.15. The summed E-state index contributed by atoms with van der Waals surface area (Å²) in [6.45, 7) is 1.98. The number of hydrogen-bond donors (Lipinski definition) is 4. The second kappa shape index (κ2) is 12.1. The number of fused-ring (bicyclic) bond motifs is 1. The highest BCUT2D eigenvalue weighted by atomic mass is 32.1. The van der Waals surface area contributed by atoms with Crippen LogP contribution in [-0.2, 0) is 9.59 Å². The molecule has 44 heavy (non-hydrogen) atoms. The SMILES string of the molecule is CNC1(N2C(=O)C(C(=O)C(N)CS)N=C(c3ccccc3)c3ccccc32)CC(c2ccccc2-c2nn[nH]n2)=CC=C1C. The molecule has 0 spiro atoms. The molecule has 222 valence electrons. The Hall–Kier alpha value is -4.71. The number of hydrogen-bond acceptors (Lipinski definition) is 9. The van der Waals surface area contributed by atoms with E-state index in [2.05, 4.69) is 38.6 Å². The van der Waals surface area contributed by atoms with E-state index >= 15 is 0 Å². The van der Waals surface area contributed by atoms with Crippen molar-refractivity contribution in [2.24, 2.45) is 10.7 Å². The van der Waals surface area contributed by atoms with Crippen LogP contribution in [0.3, 0.4) is 0 Å². The minimum Gasteiger partial charge on any atom is -0.321 e. The number of tetrazole rings is 1. The van der Waals surface area contributed by atoms with E-state index in [0.29, 0.717) is 23.6 Å². The molecule has 1 aliphatic heterocycles. The van der Waals surface area contributed by atoms with Crippen LogP contribution in [-0.4, -0.2) is 68.6 Å². The number of ketones is 1. The van der Waals surface area contributed by atoms with Gasteiger partial charge in [0.05, 0.1) is 17.4 Å². The van der Waals surface area contributed by atoms with E-state index in [1.165, 1.54) is 0 Å². The number of aromatic amines is 1. The highest BCUT2D eigenvalue weighted by molar-refractivity contribution is 7.80. The van der Waals surface area contributed by atoms with E-state index in [1.807, 2.05) is 105 Å². The monoisotopic (exact) mass is 604 g/mol. The van der Waals surface area contributed by atoms with Crippen LogP contribution in [0.5, 0.6) is 0 Å². The number of Topliss-reactive ketones (excluding diaryl/α,β-unsaturated/α-hetero) is 1. The largest absolute Gasteiger partial charge is 0.321 e. The number of H-pyrrole nitrogens is 1. The summed E-state index contributed by atoms with van der Waals surface area (Å²) in [6, 6.07) is 22.6. The lowest BCUT2D eigenvalue weighted by Gasteiger charge is -2.47. The molecule has 2 aliphatic rings. The van der Waals surface area contributed by atoms with E-state index in [1.54, 1.807) is 4.90 Å². The molecular formula is C33H32N8O2S. The molecule has 6 rings (SSSR count). The van der Waals surface area contributed by atoms with Crippen LogP contribution >= 0.6 is 12.6 Å². The van der Waals surface area contributed by atoms with E-state index in [0.717, 1.165) is 33.4 Å². The fourth-order valence-electron chi connectivity index (χ4n) is 5.97. The summed E-state index contributed by atoms with van der Waals surface area (Å²) in [5.41, 5.74) is 11.4. The first-order valence-corrected chi connectivity index (χ1v) is 14.9. The van der Waals surface area contributed by atoms with Gasteiger partial charge in [0.1, 0.15) is 5.66 Å². The van der Waals surface area contributed by atoms with Crippen molar-refractivity contribution < 1.29 is 9.59 Å². The number of nitrogens with zero attached hydrogens (tertiary/aromatic N) is 5. The first-order valence-electron chi connectivity index (χ1n) is 14.3. The molecule has 4 N–H and O–H groups in total. The van der Waals surface area contributed by atoms with Crippen LogP contribution in [0, 0.1) is 0 Å². The molecule has 0 bridgehead atoms. The van der Waals surface area contributed by atoms with Gasteiger partial charge >= 0.3 is 0 Å². The first kappa shape index (κ1) is 29.4. The van der Waals surface area contributed by atoms with Gasteiger partial charge in [0.25, 0.3) is 5.91 Å². The first-order chi connectivity index (χ1) is 21.4. The number of rotatable bonds is 8. The Labute approximate surface area is 260 Å². The molecule has 10 nitrogen and oxygen atoms in total. The lowest BCUT2D eigenvalue weighted by Crippen LogP contribution is -2.64. The average Bonchev–Trinajstić information content (AvgIpc) is 3.57. The van der Waals surface area contributed by atoms with Crippen LogP contribution in [0.25, 0.3) is 17.0 Å². The second-order valence-corrected chi connectivity index (χ2v) is 11.1. The van der Waals surface area contributed by atoms with Crippen molar-refractivity contribution in [3.63, 3.8) is 0 Å². The number of amides is 1. The molecule has 1 aromatic heterocycles. The summed E-state index contributed by atoms with van der Waals surface area (Å²) in [7, 11) is 1.82. The van der Waals surface area contributed by atoms with Gasteiger partial charge in [-0.25, -0.2) is 0 Å². The Kier molecular flexibility index (Phi) is 8.09. The number of aliphatic imine (C=N–C) groups is 1.